The van der Waals surface area contributed by atoms with Crippen molar-refractivity contribution in [3.63, 3.8) is 0 Å². The molecule has 1 aromatic rings. The number of hydrogen-bond donors (Lipinski definition) is 3. The first-order valence-corrected chi connectivity index (χ1v) is 12.2. The van der Waals surface area contributed by atoms with Gasteiger partial charge in [0.2, 0.25) is 10.0 Å². The van der Waals surface area contributed by atoms with Crippen LogP contribution >= 0.6 is 24.0 Å². The minimum absolute atomic E-state index is 0. The van der Waals surface area contributed by atoms with Gasteiger partial charge in [-0.3, -0.25) is 10.1 Å². The third-order valence-electron chi connectivity index (χ3n) is 5.38. The Morgan fingerprint density at radius 1 is 1.33 bits per heavy atom. The molecule has 0 aromatic carbocycles. The SMILES string of the molecule is CCNC(=NCCS(=O)(=O)NCC1CCCCO1)N1CCC(c2ncn[nH]2)CC1.I. The molecule has 3 heterocycles. The first-order chi connectivity index (χ1) is 14.1. The Bertz CT molecular complexity index is 731. The predicted molar refractivity (Wildman–Crippen MR) is 127 cm³/mol. The fourth-order valence-corrected chi connectivity index (χ4v) is 4.65. The third-order valence-corrected chi connectivity index (χ3v) is 6.70. The average molecular weight is 555 g/mol. The van der Waals surface area contributed by atoms with Crippen LogP contribution < -0.4 is 10.0 Å². The summed E-state index contributed by atoms with van der Waals surface area (Å²) in [5.41, 5.74) is 0. The number of aromatic nitrogens is 3. The van der Waals surface area contributed by atoms with Gasteiger partial charge in [0.05, 0.1) is 18.4 Å². The molecule has 0 saturated carbocycles. The van der Waals surface area contributed by atoms with Crippen molar-refractivity contribution in [2.24, 2.45) is 4.99 Å². The Kier molecular flexibility index (Phi) is 10.8. The molecule has 0 radical (unpaired) electrons. The van der Waals surface area contributed by atoms with E-state index in [1.54, 1.807) is 6.33 Å². The molecule has 172 valence electrons. The number of ether oxygens (including phenoxy) is 1. The maximum atomic E-state index is 12.3. The van der Waals surface area contributed by atoms with E-state index in [4.69, 9.17) is 4.74 Å². The number of aliphatic imine (C=N–C) groups is 1. The Morgan fingerprint density at radius 2 is 2.13 bits per heavy atom. The minimum atomic E-state index is -3.36. The van der Waals surface area contributed by atoms with Gasteiger partial charge in [0.1, 0.15) is 12.2 Å². The van der Waals surface area contributed by atoms with Crippen LogP contribution in [0.5, 0.6) is 0 Å². The van der Waals surface area contributed by atoms with E-state index in [0.717, 1.165) is 70.1 Å². The van der Waals surface area contributed by atoms with Gasteiger partial charge in [-0.25, -0.2) is 18.1 Å². The molecule has 10 nitrogen and oxygen atoms in total. The number of sulfonamides is 1. The number of nitrogens with one attached hydrogen (secondary N) is 3. The lowest BCUT2D eigenvalue weighted by molar-refractivity contribution is 0.0200. The first kappa shape index (κ1) is 25.3. The molecule has 2 saturated heterocycles. The molecule has 0 amide bonds. The number of piperidine rings is 1. The second-order valence-corrected chi connectivity index (χ2v) is 9.45. The summed E-state index contributed by atoms with van der Waals surface area (Å²) in [6.45, 7) is 5.74. The molecular weight excluding hydrogens is 521 g/mol. The summed E-state index contributed by atoms with van der Waals surface area (Å²) in [4.78, 5) is 11.0. The maximum absolute atomic E-state index is 12.3. The lowest BCUT2D eigenvalue weighted by atomic mass is 9.96. The van der Waals surface area contributed by atoms with E-state index in [-0.39, 0.29) is 42.4 Å². The molecule has 12 heteroatoms. The number of rotatable bonds is 8. The zero-order valence-corrected chi connectivity index (χ0v) is 20.7. The number of nitrogens with zero attached hydrogens (tertiary/aromatic N) is 4. The van der Waals surface area contributed by atoms with Crippen LogP contribution in [0.3, 0.4) is 0 Å². The van der Waals surface area contributed by atoms with Crippen molar-refractivity contribution in [2.45, 2.75) is 51.0 Å². The van der Waals surface area contributed by atoms with Gasteiger partial charge in [0.15, 0.2) is 5.96 Å². The zero-order valence-electron chi connectivity index (χ0n) is 17.5. The topological polar surface area (TPSA) is 125 Å². The first-order valence-electron chi connectivity index (χ1n) is 10.5. The number of halogens is 1. The minimum Gasteiger partial charge on any atom is -0.377 e. The van der Waals surface area contributed by atoms with Crippen LogP contribution in [-0.2, 0) is 14.8 Å². The van der Waals surface area contributed by atoms with Crippen LogP contribution in [0.1, 0.15) is 50.8 Å². The highest BCUT2D eigenvalue weighted by atomic mass is 127. The molecule has 2 fully saturated rings. The van der Waals surface area contributed by atoms with Gasteiger partial charge in [-0.05, 0) is 39.0 Å². The monoisotopic (exact) mass is 555 g/mol. The van der Waals surface area contributed by atoms with Gasteiger partial charge in [-0.1, -0.05) is 0 Å². The highest BCUT2D eigenvalue weighted by Gasteiger charge is 2.24. The van der Waals surface area contributed by atoms with E-state index in [2.05, 4.69) is 35.1 Å². The van der Waals surface area contributed by atoms with Gasteiger partial charge in [-0.2, -0.15) is 5.10 Å². The highest BCUT2D eigenvalue weighted by molar-refractivity contribution is 14.0. The van der Waals surface area contributed by atoms with E-state index >= 15 is 0 Å². The molecule has 1 unspecified atom stereocenters. The smallest absolute Gasteiger partial charge is 0.213 e. The Hall–Kier alpha value is -0.990. The fraction of sp³-hybridized carbons (Fsp3) is 0.833. The normalized spacial score (nSPS) is 21.3. The molecule has 30 heavy (non-hydrogen) atoms. The van der Waals surface area contributed by atoms with Crippen LogP contribution in [0.2, 0.25) is 0 Å². The zero-order chi connectivity index (χ0) is 20.5. The predicted octanol–water partition coefficient (Wildman–Crippen LogP) is 1.06. The van der Waals surface area contributed by atoms with Crippen LogP contribution in [0.15, 0.2) is 11.3 Å². The maximum Gasteiger partial charge on any atom is 0.213 e. The van der Waals surface area contributed by atoms with Crippen LogP contribution in [-0.4, -0.2) is 85.6 Å². The second-order valence-electron chi connectivity index (χ2n) is 7.52. The van der Waals surface area contributed by atoms with E-state index in [1.165, 1.54) is 0 Å². The fourth-order valence-electron chi connectivity index (χ4n) is 3.73. The van der Waals surface area contributed by atoms with Gasteiger partial charge in [0, 0.05) is 38.7 Å². The lowest BCUT2D eigenvalue weighted by Gasteiger charge is -2.33. The number of guanidine groups is 1. The van der Waals surface area contributed by atoms with Gasteiger partial charge >= 0.3 is 0 Å². The standard InChI is InChI=1S/C18H33N7O3S.HI/c1-2-19-18(25-9-6-15(7-10-25)17-21-14-22-24-17)20-8-12-29(26,27)23-13-16-5-3-4-11-28-16;/h14-16,23H,2-13H2,1H3,(H,19,20)(H,21,22,24);1H. The van der Waals surface area contributed by atoms with Crippen molar-refractivity contribution in [3.8, 4) is 0 Å². The molecule has 3 N–H and O–H groups in total. The summed E-state index contributed by atoms with van der Waals surface area (Å²) in [6, 6.07) is 0. The van der Waals surface area contributed by atoms with E-state index in [1.807, 2.05) is 6.92 Å². The summed E-state index contributed by atoms with van der Waals surface area (Å²) >= 11 is 0. The molecule has 0 spiro atoms. The van der Waals surface area contributed by atoms with Crippen molar-refractivity contribution in [1.82, 2.24) is 30.1 Å². The quantitative estimate of drug-likeness (QED) is 0.249. The summed E-state index contributed by atoms with van der Waals surface area (Å²) in [6.07, 6.45) is 6.51. The summed E-state index contributed by atoms with van der Waals surface area (Å²) < 4.78 is 32.8. The molecule has 1 aromatic heterocycles. The molecule has 2 aliphatic rings. The number of hydrogen-bond acceptors (Lipinski definition) is 6. The Labute approximate surface area is 196 Å². The van der Waals surface area contributed by atoms with Crippen LogP contribution in [0, 0.1) is 0 Å². The Morgan fingerprint density at radius 3 is 2.77 bits per heavy atom. The molecule has 3 rings (SSSR count). The second kappa shape index (κ2) is 12.8. The third kappa shape index (κ3) is 7.93. The van der Waals surface area contributed by atoms with E-state index in [0.29, 0.717) is 12.5 Å². The average Bonchev–Trinajstić information content (AvgIpc) is 3.28. The summed E-state index contributed by atoms with van der Waals surface area (Å²) in [7, 11) is -3.36. The molecule has 0 aliphatic carbocycles. The van der Waals surface area contributed by atoms with Gasteiger partial charge in [-0.15, -0.1) is 24.0 Å². The van der Waals surface area contributed by atoms with Crippen molar-refractivity contribution >= 4 is 40.0 Å². The summed E-state index contributed by atoms with van der Waals surface area (Å²) in [5, 5.41) is 10.2. The van der Waals surface area contributed by atoms with Gasteiger partial charge in [0.25, 0.3) is 0 Å². The van der Waals surface area contributed by atoms with Crippen molar-refractivity contribution in [3.05, 3.63) is 12.2 Å². The molecule has 0 bridgehead atoms. The highest BCUT2D eigenvalue weighted by Crippen LogP contribution is 2.24. The van der Waals surface area contributed by atoms with Crippen LogP contribution in [0.25, 0.3) is 0 Å². The molecular formula is C18H34IN7O3S. The van der Waals surface area contributed by atoms with Gasteiger partial charge < -0.3 is 15.0 Å². The number of aromatic amines is 1. The molecule has 2 aliphatic heterocycles. The number of likely N-dealkylation sites (tertiary alicyclic amines) is 1. The number of H-pyrrole nitrogens is 1. The van der Waals surface area contributed by atoms with Crippen molar-refractivity contribution < 1.29 is 13.2 Å². The van der Waals surface area contributed by atoms with Crippen molar-refractivity contribution in [1.29, 1.82) is 0 Å². The van der Waals surface area contributed by atoms with E-state index in [9.17, 15) is 8.42 Å². The molecule has 1 atom stereocenters. The van der Waals surface area contributed by atoms with Crippen molar-refractivity contribution in [2.75, 3.05) is 45.1 Å². The Balaban J connectivity index is 0.00000320. The largest absolute Gasteiger partial charge is 0.377 e. The lowest BCUT2D eigenvalue weighted by Crippen LogP contribution is -2.45. The van der Waals surface area contributed by atoms with E-state index < -0.39 is 10.0 Å². The van der Waals surface area contributed by atoms with Crippen LogP contribution in [0.4, 0.5) is 0 Å². The summed E-state index contributed by atoms with van der Waals surface area (Å²) in [5.74, 6) is 2.06.